The van der Waals surface area contributed by atoms with Gasteiger partial charge in [-0.1, -0.05) is 82.4 Å². The largest absolute Gasteiger partial charge is 0.314 e. The number of non-ortho nitro benzene ring substituents is 1. The lowest BCUT2D eigenvalue weighted by Gasteiger charge is -2.06. The molecule has 1 saturated heterocycles. The molecule has 3 rings (SSSR count). The second-order valence-electron chi connectivity index (χ2n) is 8.79. The Morgan fingerprint density at radius 1 is 0.848 bits per heavy atom. The van der Waals surface area contributed by atoms with Crippen molar-refractivity contribution in [1.82, 2.24) is 5.32 Å². The maximum Gasteiger partial charge on any atom is 0.269 e. The van der Waals surface area contributed by atoms with Crippen LogP contribution in [0.2, 0.25) is 0 Å². The summed E-state index contributed by atoms with van der Waals surface area (Å²) in [5, 5.41) is 22.8. The van der Waals surface area contributed by atoms with E-state index in [9.17, 15) is 10.1 Å². The topological polar surface area (TPSA) is 89.8 Å². The van der Waals surface area contributed by atoms with Crippen LogP contribution in [0.4, 0.5) is 17.1 Å². The van der Waals surface area contributed by atoms with E-state index in [4.69, 9.17) is 0 Å². The summed E-state index contributed by atoms with van der Waals surface area (Å²) < 4.78 is 0. The Morgan fingerprint density at radius 3 is 1.97 bits per heavy atom. The lowest BCUT2D eigenvalue weighted by Crippen LogP contribution is -1.92. The van der Waals surface area contributed by atoms with Crippen LogP contribution >= 0.6 is 0 Å². The average Bonchev–Trinajstić information content (AvgIpc) is 3.70. The fourth-order valence-corrected chi connectivity index (χ4v) is 3.51. The van der Waals surface area contributed by atoms with E-state index in [0.29, 0.717) is 0 Å². The number of nitrogens with zero attached hydrogens (tertiary/aromatic N) is 3. The van der Waals surface area contributed by atoms with Crippen molar-refractivity contribution < 1.29 is 4.92 Å². The predicted molar refractivity (Wildman–Crippen MR) is 137 cm³/mol. The van der Waals surface area contributed by atoms with E-state index in [-0.39, 0.29) is 10.6 Å². The molecule has 0 bridgehead atoms. The first-order valence-electron chi connectivity index (χ1n) is 12.6. The van der Waals surface area contributed by atoms with Crippen molar-refractivity contribution in [2.24, 2.45) is 10.2 Å². The summed E-state index contributed by atoms with van der Waals surface area (Å²) in [5.41, 5.74) is 3.69. The maximum absolute atomic E-state index is 11.2. The first-order chi connectivity index (χ1) is 16.1. The Balaban J connectivity index is 0.00000118. The molecule has 6 heteroatoms. The third-order valence-electron chi connectivity index (χ3n) is 5.63. The Hall–Kier alpha value is -2.60. The van der Waals surface area contributed by atoms with Gasteiger partial charge in [0, 0.05) is 25.2 Å². The second-order valence-corrected chi connectivity index (χ2v) is 8.79. The molecule has 0 aliphatic carbocycles. The van der Waals surface area contributed by atoms with Crippen molar-refractivity contribution in [2.75, 3.05) is 13.1 Å². The summed E-state index contributed by atoms with van der Waals surface area (Å²) in [6.45, 7) is 6.78. The minimum Gasteiger partial charge on any atom is -0.314 e. The number of unbranched alkanes of at least 4 members (excludes halogenated alkanes) is 9. The predicted octanol–water partition coefficient (Wildman–Crippen LogP) is 8.37. The number of azo groups is 1. The van der Waals surface area contributed by atoms with Gasteiger partial charge >= 0.3 is 0 Å². The van der Waals surface area contributed by atoms with Crippen LogP contribution in [-0.4, -0.2) is 18.0 Å². The van der Waals surface area contributed by atoms with Gasteiger partial charge in [-0.3, -0.25) is 10.1 Å². The molecule has 2 aromatic rings. The first kappa shape index (κ1) is 26.7. The van der Waals surface area contributed by atoms with Crippen LogP contribution < -0.4 is 5.32 Å². The zero-order valence-electron chi connectivity index (χ0n) is 20.4. The number of rotatable bonds is 14. The highest BCUT2D eigenvalue weighted by Crippen LogP contribution is 2.28. The van der Waals surface area contributed by atoms with Crippen molar-refractivity contribution in [3.8, 4) is 0 Å². The summed E-state index contributed by atoms with van der Waals surface area (Å²) in [4.78, 5) is 10.8. The third-order valence-corrected chi connectivity index (χ3v) is 5.63. The van der Waals surface area contributed by atoms with Crippen LogP contribution in [-0.2, 0) is 6.42 Å². The summed E-state index contributed by atoms with van der Waals surface area (Å²) in [5.74, 6) is 0. The van der Waals surface area contributed by atoms with Gasteiger partial charge in [0.15, 0.2) is 0 Å². The third kappa shape index (κ3) is 12.3. The molecule has 6 nitrogen and oxygen atoms in total. The van der Waals surface area contributed by atoms with Crippen molar-refractivity contribution in [3.05, 3.63) is 63.7 Å². The van der Waals surface area contributed by atoms with E-state index in [1.807, 2.05) is 31.2 Å². The SMILES string of the molecule is C1CN1.CCCCCCCCCCCCc1cc([N+](=O)[O-])ccc1N=Nc1ccc(C)cc1. The minimum atomic E-state index is -0.344. The van der Waals surface area contributed by atoms with E-state index in [0.717, 1.165) is 36.2 Å². The molecular weight excluding hydrogens is 412 g/mol. The van der Waals surface area contributed by atoms with E-state index >= 15 is 0 Å². The fraction of sp³-hybridized carbons (Fsp3) is 0.556. The summed E-state index contributed by atoms with van der Waals surface area (Å²) in [7, 11) is 0. The first-order valence-corrected chi connectivity index (χ1v) is 12.6. The van der Waals surface area contributed by atoms with Gasteiger partial charge in [-0.05, 0) is 43.5 Å². The zero-order chi connectivity index (χ0) is 23.7. The van der Waals surface area contributed by atoms with E-state index < -0.39 is 0 Å². The minimum absolute atomic E-state index is 0.117. The molecule has 1 heterocycles. The van der Waals surface area contributed by atoms with E-state index in [2.05, 4.69) is 22.5 Å². The van der Waals surface area contributed by atoms with Gasteiger partial charge in [0.05, 0.1) is 16.3 Å². The second kappa shape index (κ2) is 16.1. The van der Waals surface area contributed by atoms with Crippen molar-refractivity contribution >= 4 is 17.1 Å². The van der Waals surface area contributed by atoms with Crippen LogP contribution in [0.1, 0.15) is 82.3 Å². The molecule has 1 N–H and O–H groups in total. The van der Waals surface area contributed by atoms with Gasteiger partial charge in [-0.2, -0.15) is 10.2 Å². The lowest BCUT2D eigenvalue weighted by molar-refractivity contribution is -0.384. The molecule has 1 aliphatic heterocycles. The number of nitro groups is 1. The number of aryl methyl sites for hydroxylation is 2. The smallest absolute Gasteiger partial charge is 0.269 e. The molecule has 33 heavy (non-hydrogen) atoms. The van der Waals surface area contributed by atoms with E-state index in [1.54, 1.807) is 12.1 Å². The monoisotopic (exact) mass is 452 g/mol. The number of hydrogen-bond acceptors (Lipinski definition) is 5. The molecule has 0 atom stereocenters. The van der Waals surface area contributed by atoms with Gasteiger partial charge in [-0.15, -0.1) is 0 Å². The number of nitro benzene ring substituents is 1. The number of benzene rings is 2. The average molecular weight is 453 g/mol. The zero-order valence-corrected chi connectivity index (χ0v) is 20.4. The van der Waals surface area contributed by atoms with Crippen molar-refractivity contribution in [3.63, 3.8) is 0 Å². The van der Waals surface area contributed by atoms with Gasteiger partial charge in [0.2, 0.25) is 0 Å². The maximum atomic E-state index is 11.2. The summed E-state index contributed by atoms with van der Waals surface area (Å²) >= 11 is 0. The molecule has 2 aromatic carbocycles. The normalized spacial score (nSPS) is 12.4. The molecule has 0 unspecified atom stereocenters. The molecule has 0 amide bonds. The van der Waals surface area contributed by atoms with Gasteiger partial charge in [0.25, 0.3) is 5.69 Å². The highest BCUT2D eigenvalue weighted by Gasteiger charge is 2.11. The number of hydrogen-bond donors (Lipinski definition) is 1. The molecular formula is C27H40N4O2. The van der Waals surface area contributed by atoms with Crippen molar-refractivity contribution in [2.45, 2.75) is 84.5 Å². The van der Waals surface area contributed by atoms with Crippen LogP contribution in [0.25, 0.3) is 0 Å². The standard InChI is InChI=1S/C25H35N3O2.C2H5N/c1-3-4-5-6-7-8-9-10-11-12-13-22-20-24(28(29)30)18-19-25(22)27-26-23-16-14-21(2)15-17-23;1-2-3-1/h14-20H,3-13H2,1-2H3;3H,1-2H2. The lowest BCUT2D eigenvalue weighted by atomic mass is 10.0. The molecule has 180 valence electrons. The molecule has 0 saturated carbocycles. The Morgan fingerprint density at radius 2 is 1.42 bits per heavy atom. The Bertz CT molecular complexity index is 845. The quantitative estimate of drug-likeness (QED) is 0.103. The van der Waals surface area contributed by atoms with Crippen LogP contribution in [0.5, 0.6) is 0 Å². The summed E-state index contributed by atoms with van der Waals surface area (Å²) in [6, 6.07) is 12.7. The van der Waals surface area contributed by atoms with Crippen LogP contribution in [0, 0.1) is 17.0 Å². The molecule has 0 spiro atoms. The van der Waals surface area contributed by atoms with Gasteiger partial charge in [-0.25, -0.2) is 0 Å². The fourth-order valence-electron chi connectivity index (χ4n) is 3.51. The Labute approximate surface area is 199 Å². The molecule has 1 fully saturated rings. The van der Waals surface area contributed by atoms with Gasteiger partial charge < -0.3 is 5.32 Å². The van der Waals surface area contributed by atoms with Crippen LogP contribution in [0.15, 0.2) is 52.7 Å². The molecule has 1 aliphatic rings. The molecule has 0 radical (unpaired) electrons. The molecule has 0 aromatic heterocycles. The van der Waals surface area contributed by atoms with E-state index in [1.165, 1.54) is 76.1 Å². The van der Waals surface area contributed by atoms with Gasteiger partial charge in [0.1, 0.15) is 0 Å². The highest BCUT2D eigenvalue weighted by atomic mass is 16.6. The van der Waals surface area contributed by atoms with Crippen molar-refractivity contribution in [1.29, 1.82) is 0 Å². The highest BCUT2D eigenvalue weighted by molar-refractivity contribution is 5.52. The Kier molecular flexibility index (Phi) is 13.0. The van der Waals surface area contributed by atoms with Crippen LogP contribution in [0.3, 0.4) is 0 Å². The summed E-state index contributed by atoms with van der Waals surface area (Å²) in [6.07, 6.45) is 13.5. The number of nitrogens with one attached hydrogen (secondary N) is 1.